The van der Waals surface area contributed by atoms with Crippen LogP contribution in [-0.2, 0) is 54.3 Å². The molecule has 0 aliphatic carbocycles. The number of methoxy groups -OCH3 is 1. The number of aromatic nitrogens is 1. The number of nitrogens with zero attached hydrogens (tertiary/aromatic N) is 4. The number of rotatable bonds is 30. The lowest BCUT2D eigenvalue weighted by Gasteiger charge is -2.38. The van der Waals surface area contributed by atoms with Gasteiger partial charge in [-0.25, -0.2) is 4.98 Å². The molecule has 2 aliphatic heterocycles. The first-order valence-corrected chi connectivity index (χ1v) is 26.6. The number of nitrogens with one attached hydrogen (secondary N) is 6. The Labute approximate surface area is 442 Å². The van der Waals surface area contributed by atoms with Crippen LogP contribution < -0.4 is 31.9 Å². The average molecular weight is 1070 g/mol. The van der Waals surface area contributed by atoms with Gasteiger partial charge in [0.1, 0.15) is 41.0 Å². The number of piperidine rings is 1. The number of aliphatic carboxylic acids is 1. The van der Waals surface area contributed by atoms with Crippen molar-refractivity contribution in [3.63, 3.8) is 0 Å². The first-order valence-electron chi connectivity index (χ1n) is 25.7. The van der Waals surface area contributed by atoms with Crippen molar-refractivity contribution in [2.75, 3.05) is 47.4 Å². The maximum atomic E-state index is 14.3. The molecule has 2 aliphatic rings. The van der Waals surface area contributed by atoms with Crippen molar-refractivity contribution in [2.24, 2.45) is 11.8 Å². The van der Waals surface area contributed by atoms with Crippen LogP contribution >= 0.6 is 11.3 Å². The molecule has 8 atom stereocenters. The third-order valence-corrected chi connectivity index (χ3v) is 14.5. The van der Waals surface area contributed by atoms with E-state index in [-0.39, 0.29) is 80.3 Å². The number of carbonyl (C=O) groups excluding carboxylic acids is 9. The summed E-state index contributed by atoms with van der Waals surface area (Å²) < 4.78 is 5.94. The molecule has 0 saturated carbocycles. The lowest BCUT2D eigenvalue weighted by atomic mass is 9.92. The fourth-order valence-corrected chi connectivity index (χ4v) is 9.78. The van der Waals surface area contributed by atoms with Crippen molar-refractivity contribution in [3.8, 4) is 0 Å². The number of hydrogen-bond donors (Lipinski definition) is 7. The minimum atomic E-state index is -1.57. The molecule has 0 radical (unpaired) electrons. The lowest BCUT2D eigenvalue weighted by molar-refractivity contribution is -0.141. The van der Waals surface area contributed by atoms with Gasteiger partial charge in [-0.3, -0.25) is 57.7 Å². The van der Waals surface area contributed by atoms with Crippen LogP contribution in [0.1, 0.15) is 120 Å². The van der Waals surface area contributed by atoms with Gasteiger partial charge in [-0.05, 0) is 50.3 Å². The van der Waals surface area contributed by atoms with E-state index in [9.17, 15) is 53.1 Å². The second-order valence-electron chi connectivity index (χ2n) is 19.4. The number of carboxylic acids is 1. The normalized spacial score (nSPS) is 17.5. The molecule has 2 aromatic rings. The molecule has 1 aromatic carbocycles. The van der Waals surface area contributed by atoms with E-state index in [0.717, 1.165) is 42.9 Å². The zero-order chi connectivity index (χ0) is 55.4. The van der Waals surface area contributed by atoms with E-state index in [4.69, 9.17) is 4.74 Å². The van der Waals surface area contributed by atoms with Crippen LogP contribution in [-0.4, -0.2) is 168 Å². The zero-order valence-electron chi connectivity index (χ0n) is 44.3. The molecule has 23 heteroatoms. The molecule has 1 fully saturated rings. The van der Waals surface area contributed by atoms with Gasteiger partial charge in [0, 0.05) is 76.6 Å². The number of thiazole rings is 1. The van der Waals surface area contributed by atoms with Gasteiger partial charge in [0.25, 0.3) is 17.7 Å². The van der Waals surface area contributed by atoms with E-state index in [0.29, 0.717) is 29.8 Å². The summed E-state index contributed by atoms with van der Waals surface area (Å²) >= 11 is 1.18. The van der Waals surface area contributed by atoms with Crippen molar-refractivity contribution >= 4 is 70.5 Å². The Balaban J connectivity index is 1.43. The van der Waals surface area contributed by atoms with Gasteiger partial charge in [-0.2, -0.15) is 0 Å². The Morgan fingerprint density at radius 3 is 2.13 bits per heavy atom. The van der Waals surface area contributed by atoms with E-state index in [1.165, 1.54) is 18.4 Å². The number of benzene rings is 1. The minimum absolute atomic E-state index is 0.00165. The largest absolute Gasteiger partial charge is 0.481 e. The van der Waals surface area contributed by atoms with Crippen LogP contribution in [0.4, 0.5) is 0 Å². The third kappa shape index (κ3) is 18.3. The molecule has 9 amide bonds. The quantitative estimate of drug-likeness (QED) is 0.0434. The van der Waals surface area contributed by atoms with Crippen LogP contribution in [0.5, 0.6) is 0 Å². The third-order valence-electron chi connectivity index (χ3n) is 13.6. The highest BCUT2D eigenvalue weighted by Crippen LogP contribution is 2.30. The van der Waals surface area contributed by atoms with Crippen molar-refractivity contribution in [3.05, 3.63) is 64.1 Å². The number of likely N-dealkylation sites (tertiary alicyclic amines) is 1. The van der Waals surface area contributed by atoms with E-state index < -0.39 is 84.0 Å². The van der Waals surface area contributed by atoms with E-state index in [2.05, 4.69) is 36.9 Å². The van der Waals surface area contributed by atoms with E-state index >= 15 is 0 Å². The molecule has 4 rings (SSSR count). The SMILES string of the molecule is CCC[C@H](NC(=O)[C@H](Cc1ccccc1)NC(=O)c1csc([C@@H](C[C@H](C(C)C)N(C)C(=O)[C@@H](NC(=O)[C@H]2CCCCN2C)[C@@H](C)CC)OC)n1)C(=O)N[C@@H](CC(=O)O)C(=O)NCCNC(=O)CCN1C(=O)C=CC1=O. The number of carboxylic acid groups (broad SMARTS) is 1. The van der Waals surface area contributed by atoms with E-state index in [1.807, 2.05) is 39.6 Å². The van der Waals surface area contributed by atoms with Crippen LogP contribution in [0.25, 0.3) is 0 Å². The van der Waals surface area contributed by atoms with Crippen molar-refractivity contribution in [1.29, 1.82) is 0 Å². The molecule has 0 bridgehead atoms. The van der Waals surface area contributed by atoms with Gasteiger partial charge in [-0.15, -0.1) is 11.3 Å². The molecule has 1 aromatic heterocycles. The molecule has 0 unspecified atom stereocenters. The van der Waals surface area contributed by atoms with Crippen LogP contribution in [0, 0.1) is 11.8 Å². The fourth-order valence-electron chi connectivity index (χ4n) is 8.90. The predicted molar refractivity (Wildman–Crippen MR) is 278 cm³/mol. The minimum Gasteiger partial charge on any atom is -0.481 e. The Morgan fingerprint density at radius 1 is 0.867 bits per heavy atom. The lowest BCUT2D eigenvalue weighted by Crippen LogP contribution is -2.58. The average Bonchev–Trinajstić information content (AvgIpc) is 4.00. The van der Waals surface area contributed by atoms with Crippen molar-refractivity contribution in [1.82, 2.24) is 51.6 Å². The summed E-state index contributed by atoms with van der Waals surface area (Å²) in [5.41, 5.74) is 0.685. The highest BCUT2D eigenvalue weighted by molar-refractivity contribution is 7.09. The second kappa shape index (κ2) is 30.1. The van der Waals surface area contributed by atoms with Crippen molar-refractivity contribution < 1.29 is 57.8 Å². The molecular weight excluding hydrogens is 989 g/mol. The maximum Gasteiger partial charge on any atom is 0.305 e. The second-order valence-corrected chi connectivity index (χ2v) is 20.3. The molecule has 412 valence electrons. The molecule has 7 N–H and O–H groups in total. The molecular formula is C52H76N10O12S. The molecule has 75 heavy (non-hydrogen) atoms. The number of likely N-dealkylation sites (N-methyl/N-ethyl adjacent to an activating group) is 2. The Kier molecular flexibility index (Phi) is 24.5. The van der Waals surface area contributed by atoms with Crippen LogP contribution in [0.15, 0.2) is 47.9 Å². The molecule has 1 saturated heterocycles. The van der Waals surface area contributed by atoms with Gasteiger partial charge < -0.3 is 46.6 Å². The van der Waals surface area contributed by atoms with Gasteiger partial charge in [0.2, 0.25) is 35.4 Å². The van der Waals surface area contributed by atoms with Gasteiger partial charge in [0.15, 0.2) is 0 Å². The maximum absolute atomic E-state index is 14.3. The Bertz CT molecular complexity index is 2330. The summed E-state index contributed by atoms with van der Waals surface area (Å²) in [6.07, 6.45) is 4.72. The Morgan fingerprint density at radius 2 is 1.52 bits per heavy atom. The van der Waals surface area contributed by atoms with Crippen LogP contribution in [0.2, 0.25) is 0 Å². The number of carbonyl (C=O) groups is 10. The number of amides is 9. The summed E-state index contributed by atoms with van der Waals surface area (Å²) in [7, 11) is 5.18. The first-order chi connectivity index (χ1) is 35.7. The smallest absolute Gasteiger partial charge is 0.305 e. The predicted octanol–water partition coefficient (Wildman–Crippen LogP) is 1.85. The highest BCUT2D eigenvalue weighted by atomic mass is 32.1. The first kappa shape index (κ1) is 61.0. The van der Waals surface area contributed by atoms with Crippen LogP contribution in [0.3, 0.4) is 0 Å². The monoisotopic (exact) mass is 1060 g/mol. The van der Waals surface area contributed by atoms with E-state index in [1.54, 1.807) is 54.6 Å². The zero-order valence-corrected chi connectivity index (χ0v) is 45.2. The molecule has 0 spiro atoms. The summed E-state index contributed by atoms with van der Waals surface area (Å²) in [5, 5.41) is 27.6. The van der Waals surface area contributed by atoms with Crippen molar-refractivity contribution in [2.45, 2.75) is 141 Å². The summed E-state index contributed by atoms with van der Waals surface area (Å²) in [5.74, 6) is -6.66. The Hall–Kier alpha value is -6.59. The fraction of sp³-hybridized carbons (Fsp3) is 0.596. The highest BCUT2D eigenvalue weighted by Gasteiger charge is 2.38. The van der Waals surface area contributed by atoms with Gasteiger partial charge >= 0.3 is 5.97 Å². The van der Waals surface area contributed by atoms with Gasteiger partial charge in [0.05, 0.1) is 12.5 Å². The summed E-state index contributed by atoms with van der Waals surface area (Å²) in [6.45, 7) is 10.1. The number of imide groups is 1. The number of ether oxygens (including phenoxy) is 1. The molecule has 3 heterocycles. The topological polar surface area (TPSA) is 295 Å². The summed E-state index contributed by atoms with van der Waals surface area (Å²) in [6, 6.07) is 3.40. The standard InChI is InChI=1S/C52H76N10O12S/c1-9-16-34(47(69)57-36(28-44(66)67)46(68)54-24-23-53-41(63)22-26-62-42(64)20-21-43(62)65)55-48(70)35(27-33-17-12-11-13-18-33)56-49(71)37-30-75-51(58-37)40(74-8)29-39(31(3)4)61(7)52(73)45(32(5)10-2)59-50(72)38-19-14-15-25-60(38)6/h11-13,17-18,20-21,30-32,34-36,38-40,45H,9-10,14-16,19,22-29H2,1-8H3,(H,53,63)(H,54,68)(H,55,70)(H,56,71)(H,57,69)(H,59,72)(H,66,67)/t32-,34-,35-,36-,38+,39+,40+,45-/m0/s1. The molecule has 22 nitrogen and oxygen atoms in total. The van der Waals surface area contributed by atoms with Gasteiger partial charge in [-0.1, -0.05) is 84.2 Å². The number of hydrogen-bond acceptors (Lipinski definition) is 14. The summed E-state index contributed by atoms with van der Waals surface area (Å²) in [4.78, 5) is 140.